The molecule has 0 saturated heterocycles. The number of hydrogen-bond donors (Lipinski definition) is 2. The van der Waals surface area contributed by atoms with E-state index in [1.54, 1.807) is 7.05 Å². The van der Waals surface area contributed by atoms with Gasteiger partial charge in [-0.15, -0.1) is 0 Å². The molecule has 1 radical (unpaired) electrons. The van der Waals surface area contributed by atoms with Crippen LogP contribution in [0.25, 0.3) is 0 Å². The number of thiocarbonyl (C=S) groups is 1. The summed E-state index contributed by atoms with van der Waals surface area (Å²) < 4.78 is 0. The Balaban J connectivity index is 0. The summed E-state index contributed by atoms with van der Waals surface area (Å²) >= 11 is 4.36. The minimum atomic E-state index is 0. The molecule has 0 spiro atoms. The third kappa shape index (κ3) is 8.88. The summed E-state index contributed by atoms with van der Waals surface area (Å²) in [5.41, 5.74) is 4.91. The molecule has 0 bridgehead atoms. The van der Waals surface area contributed by atoms with Crippen LogP contribution in [0.15, 0.2) is 0 Å². The van der Waals surface area contributed by atoms with Gasteiger partial charge in [0, 0.05) is 24.1 Å². The van der Waals surface area contributed by atoms with Gasteiger partial charge in [0.05, 0.1) is 0 Å². The molecule has 0 atom stereocenters. The van der Waals surface area contributed by atoms with E-state index in [-0.39, 0.29) is 17.1 Å². The van der Waals surface area contributed by atoms with Crippen molar-refractivity contribution in [1.82, 2.24) is 5.32 Å². The molecule has 0 saturated carbocycles. The summed E-state index contributed by atoms with van der Waals surface area (Å²) in [4.78, 5) is 0. The van der Waals surface area contributed by atoms with Crippen LogP contribution in [0.3, 0.4) is 0 Å². The molecule has 2 nitrogen and oxygen atoms in total. The first-order valence-electron chi connectivity index (χ1n) is 1.24. The topological polar surface area (TPSA) is 38.0 Å². The van der Waals surface area contributed by atoms with Crippen LogP contribution < -0.4 is 11.1 Å². The summed E-state index contributed by atoms with van der Waals surface area (Å²) in [6, 6.07) is 0. The van der Waals surface area contributed by atoms with Crippen molar-refractivity contribution >= 4 is 17.3 Å². The van der Waals surface area contributed by atoms with Crippen molar-refractivity contribution in [3.8, 4) is 0 Å². The van der Waals surface area contributed by atoms with Gasteiger partial charge in [-0.3, -0.25) is 0 Å². The Hall–Kier alpha value is 0.209. The molecule has 0 fully saturated rings. The van der Waals surface area contributed by atoms with Crippen LogP contribution in [0.1, 0.15) is 0 Å². The van der Waals surface area contributed by atoms with Crippen LogP contribution in [0.2, 0.25) is 0 Å². The molecule has 0 aliphatic heterocycles. The molecule has 41 valence electrons. The SMILES string of the molecule is CNC(N)=S.[Cu]. The second kappa shape index (κ2) is 5.21. The Labute approximate surface area is 52.9 Å². The first-order valence-corrected chi connectivity index (χ1v) is 1.65. The predicted molar refractivity (Wildman–Crippen MR) is 25.8 cm³/mol. The fourth-order valence-electron chi connectivity index (χ4n) is 0. The second-order valence-electron chi connectivity index (χ2n) is 0.614. The van der Waals surface area contributed by atoms with Crippen molar-refractivity contribution in [3.63, 3.8) is 0 Å². The van der Waals surface area contributed by atoms with E-state index in [9.17, 15) is 0 Å². The maximum Gasteiger partial charge on any atom is 0.163 e. The van der Waals surface area contributed by atoms with E-state index in [0.29, 0.717) is 5.11 Å². The van der Waals surface area contributed by atoms with Crippen LogP contribution in [-0.4, -0.2) is 12.2 Å². The smallest absolute Gasteiger partial charge is 0.163 e. The second-order valence-corrected chi connectivity index (χ2v) is 1.05. The third-order valence-corrected chi connectivity index (χ3v) is 0.451. The Kier molecular flexibility index (Phi) is 8.26. The molecule has 0 aromatic heterocycles. The van der Waals surface area contributed by atoms with E-state index in [0.717, 1.165) is 0 Å². The fourth-order valence-corrected chi connectivity index (χ4v) is 0. The van der Waals surface area contributed by atoms with Crippen molar-refractivity contribution in [3.05, 3.63) is 0 Å². The summed E-state index contributed by atoms with van der Waals surface area (Å²) in [6.07, 6.45) is 0. The maximum absolute atomic E-state index is 4.91. The number of hydrogen-bond acceptors (Lipinski definition) is 1. The maximum atomic E-state index is 4.91. The van der Waals surface area contributed by atoms with Crippen LogP contribution in [0.4, 0.5) is 0 Å². The van der Waals surface area contributed by atoms with Crippen LogP contribution in [-0.2, 0) is 17.1 Å². The summed E-state index contributed by atoms with van der Waals surface area (Å²) in [5, 5.41) is 2.88. The van der Waals surface area contributed by atoms with Crippen molar-refractivity contribution in [2.75, 3.05) is 7.05 Å². The first kappa shape index (κ1) is 9.51. The van der Waals surface area contributed by atoms with Crippen LogP contribution in [0, 0.1) is 0 Å². The summed E-state index contributed by atoms with van der Waals surface area (Å²) in [7, 11) is 1.68. The van der Waals surface area contributed by atoms with E-state index < -0.39 is 0 Å². The summed E-state index contributed by atoms with van der Waals surface area (Å²) in [5.74, 6) is 0. The van der Waals surface area contributed by atoms with Crippen molar-refractivity contribution < 1.29 is 17.1 Å². The number of rotatable bonds is 0. The Morgan fingerprint density at radius 1 is 1.83 bits per heavy atom. The van der Waals surface area contributed by atoms with Gasteiger partial charge < -0.3 is 11.1 Å². The minimum Gasteiger partial charge on any atom is -0.376 e. The van der Waals surface area contributed by atoms with Crippen molar-refractivity contribution in [1.29, 1.82) is 0 Å². The van der Waals surface area contributed by atoms with E-state index in [1.165, 1.54) is 0 Å². The zero-order valence-electron chi connectivity index (χ0n) is 3.29. The molecule has 3 N–H and O–H groups in total. The molecular formula is C2H6CuN2S. The molecule has 0 aromatic carbocycles. The van der Waals surface area contributed by atoms with Crippen LogP contribution in [0.5, 0.6) is 0 Å². The standard InChI is InChI=1S/C2H6N2S.Cu/c1-4-2(3)5;/h1H3,(H3,3,4,5);. The molecule has 0 aromatic rings. The molecular weight excluding hydrogens is 148 g/mol. The third-order valence-electron chi connectivity index (χ3n) is 0.246. The molecule has 4 heteroatoms. The van der Waals surface area contributed by atoms with Gasteiger partial charge >= 0.3 is 0 Å². The van der Waals surface area contributed by atoms with Gasteiger partial charge in [0.1, 0.15) is 0 Å². The van der Waals surface area contributed by atoms with Gasteiger partial charge in [-0.1, -0.05) is 0 Å². The number of nitrogens with one attached hydrogen (secondary N) is 1. The predicted octanol–water partition coefficient (Wildman–Crippen LogP) is -0.553. The first-order chi connectivity index (χ1) is 2.27. The van der Waals surface area contributed by atoms with Gasteiger partial charge in [-0.05, 0) is 12.2 Å². The zero-order valence-corrected chi connectivity index (χ0v) is 5.05. The zero-order chi connectivity index (χ0) is 4.28. The molecule has 0 rings (SSSR count). The molecule has 0 heterocycles. The Morgan fingerprint density at radius 2 is 2.00 bits per heavy atom. The molecule has 6 heavy (non-hydrogen) atoms. The number of nitrogens with two attached hydrogens (primary N) is 1. The van der Waals surface area contributed by atoms with Gasteiger partial charge in [-0.25, -0.2) is 0 Å². The average Bonchev–Trinajstić information content (AvgIpc) is 1.38. The van der Waals surface area contributed by atoms with Gasteiger partial charge in [0.25, 0.3) is 0 Å². The van der Waals surface area contributed by atoms with Crippen molar-refractivity contribution in [2.45, 2.75) is 0 Å². The quantitative estimate of drug-likeness (QED) is 0.362. The minimum absolute atomic E-state index is 0. The molecule has 0 aliphatic rings. The Bertz CT molecular complexity index is 46.8. The summed E-state index contributed by atoms with van der Waals surface area (Å²) in [6.45, 7) is 0. The monoisotopic (exact) mass is 153 g/mol. The molecule has 0 amide bonds. The van der Waals surface area contributed by atoms with Gasteiger partial charge in [0.2, 0.25) is 0 Å². The van der Waals surface area contributed by atoms with E-state index in [4.69, 9.17) is 5.73 Å². The van der Waals surface area contributed by atoms with Gasteiger partial charge in [-0.2, -0.15) is 0 Å². The fraction of sp³-hybridized carbons (Fsp3) is 0.500. The van der Waals surface area contributed by atoms with E-state index in [1.807, 2.05) is 0 Å². The molecule has 0 unspecified atom stereocenters. The van der Waals surface area contributed by atoms with Crippen LogP contribution >= 0.6 is 12.2 Å². The van der Waals surface area contributed by atoms with Gasteiger partial charge in [0.15, 0.2) is 5.11 Å². The average molecular weight is 154 g/mol. The largest absolute Gasteiger partial charge is 0.376 e. The molecule has 0 aliphatic carbocycles. The normalized spacial score (nSPS) is 5.50. The van der Waals surface area contributed by atoms with Crippen molar-refractivity contribution in [2.24, 2.45) is 5.73 Å². The Morgan fingerprint density at radius 3 is 2.00 bits per heavy atom. The van der Waals surface area contributed by atoms with E-state index >= 15 is 0 Å². The van der Waals surface area contributed by atoms with E-state index in [2.05, 4.69) is 17.5 Å².